The number of nitrogens with zero attached hydrogens (tertiary/aromatic N) is 2. The fourth-order valence-corrected chi connectivity index (χ4v) is 2.59. The standard InChI is InChI=1S/C16H26N4O/c1-13(2)20-11-9-19(10-12-20)8-7-16(21)18-15-6-4-3-5-14(15)17/h3-6,13H,7-12,17H2,1-2H3,(H,18,21). The van der Waals surface area contributed by atoms with E-state index in [2.05, 4.69) is 29.0 Å². The van der Waals surface area contributed by atoms with Crippen LogP contribution in [0.15, 0.2) is 24.3 Å². The molecule has 0 unspecified atom stereocenters. The number of para-hydroxylation sites is 2. The van der Waals surface area contributed by atoms with Gasteiger partial charge in [-0.05, 0) is 26.0 Å². The Morgan fingerprint density at radius 3 is 2.52 bits per heavy atom. The molecule has 0 bridgehead atoms. The second-order valence-electron chi connectivity index (χ2n) is 5.86. The van der Waals surface area contributed by atoms with Crippen molar-refractivity contribution in [2.45, 2.75) is 26.3 Å². The lowest BCUT2D eigenvalue weighted by molar-refractivity contribution is -0.116. The van der Waals surface area contributed by atoms with Gasteiger partial charge in [-0.25, -0.2) is 0 Å². The third-order valence-corrected chi connectivity index (χ3v) is 4.03. The SMILES string of the molecule is CC(C)N1CCN(CCC(=O)Nc2ccccc2N)CC1. The summed E-state index contributed by atoms with van der Waals surface area (Å²) in [6.07, 6.45) is 0.510. The maximum Gasteiger partial charge on any atom is 0.225 e. The molecule has 5 heteroatoms. The molecule has 116 valence electrons. The summed E-state index contributed by atoms with van der Waals surface area (Å²) in [6, 6.07) is 7.96. The minimum Gasteiger partial charge on any atom is -0.397 e. The first-order chi connectivity index (χ1) is 10.1. The second-order valence-corrected chi connectivity index (χ2v) is 5.86. The van der Waals surface area contributed by atoms with Gasteiger partial charge in [-0.15, -0.1) is 0 Å². The average molecular weight is 290 g/mol. The van der Waals surface area contributed by atoms with E-state index in [9.17, 15) is 4.79 Å². The Kier molecular flexibility index (Phi) is 5.59. The monoisotopic (exact) mass is 290 g/mol. The van der Waals surface area contributed by atoms with Crippen molar-refractivity contribution >= 4 is 17.3 Å². The first-order valence-corrected chi connectivity index (χ1v) is 7.67. The highest BCUT2D eigenvalue weighted by atomic mass is 16.1. The molecule has 1 aliphatic rings. The molecule has 1 saturated heterocycles. The molecule has 1 amide bonds. The van der Waals surface area contributed by atoms with Gasteiger partial charge >= 0.3 is 0 Å². The van der Waals surface area contributed by atoms with Crippen molar-refractivity contribution < 1.29 is 4.79 Å². The van der Waals surface area contributed by atoms with E-state index in [1.54, 1.807) is 6.07 Å². The summed E-state index contributed by atoms with van der Waals surface area (Å²) in [5, 5.41) is 2.88. The summed E-state index contributed by atoms with van der Waals surface area (Å²) >= 11 is 0. The van der Waals surface area contributed by atoms with E-state index in [0.29, 0.717) is 23.8 Å². The Labute approximate surface area is 127 Å². The van der Waals surface area contributed by atoms with Crippen LogP contribution in [-0.2, 0) is 4.79 Å². The lowest BCUT2D eigenvalue weighted by Gasteiger charge is -2.36. The van der Waals surface area contributed by atoms with Crippen molar-refractivity contribution in [2.75, 3.05) is 43.8 Å². The molecule has 1 aromatic carbocycles. The van der Waals surface area contributed by atoms with Gasteiger partial charge in [-0.3, -0.25) is 9.69 Å². The molecule has 0 saturated carbocycles. The van der Waals surface area contributed by atoms with Gasteiger partial charge in [0, 0.05) is 45.2 Å². The van der Waals surface area contributed by atoms with Crippen LogP contribution in [-0.4, -0.2) is 54.5 Å². The fraction of sp³-hybridized carbons (Fsp3) is 0.562. The van der Waals surface area contributed by atoms with Gasteiger partial charge in [0.2, 0.25) is 5.91 Å². The van der Waals surface area contributed by atoms with Crippen molar-refractivity contribution in [1.82, 2.24) is 9.80 Å². The van der Waals surface area contributed by atoms with Crippen LogP contribution < -0.4 is 11.1 Å². The number of amides is 1. The molecule has 1 fully saturated rings. The van der Waals surface area contributed by atoms with Crippen LogP contribution in [0.25, 0.3) is 0 Å². The molecule has 1 heterocycles. The number of piperazine rings is 1. The number of nitrogen functional groups attached to an aromatic ring is 1. The number of carbonyl (C=O) groups excluding carboxylic acids is 1. The number of carbonyl (C=O) groups is 1. The van der Waals surface area contributed by atoms with E-state index in [-0.39, 0.29) is 5.91 Å². The molecule has 5 nitrogen and oxygen atoms in total. The third-order valence-electron chi connectivity index (χ3n) is 4.03. The van der Waals surface area contributed by atoms with Gasteiger partial charge in [-0.2, -0.15) is 0 Å². The Morgan fingerprint density at radius 1 is 1.24 bits per heavy atom. The van der Waals surface area contributed by atoms with Gasteiger partial charge in [0.1, 0.15) is 0 Å². The summed E-state index contributed by atoms with van der Waals surface area (Å²) in [4.78, 5) is 16.8. The Hall–Kier alpha value is -1.59. The van der Waals surface area contributed by atoms with E-state index < -0.39 is 0 Å². The molecule has 0 spiro atoms. The normalized spacial score (nSPS) is 17.1. The summed E-state index contributed by atoms with van der Waals surface area (Å²) in [7, 11) is 0. The molecule has 3 N–H and O–H groups in total. The Morgan fingerprint density at radius 2 is 1.90 bits per heavy atom. The van der Waals surface area contributed by atoms with Gasteiger partial charge in [0.15, 0.2) is 0 Å². The topological polar surface area (TPSA) is 61.6 Å². The smallest absolute Gasteiger partial charge is 0.225 e. The van der Waals surface area contributed by atoms with Crippen LogP contribution in [0.1, 0.15) is 20.3 Å². The number of hydrogen-bond donors (Lipinski definition) is 2. The zero-order valence-corrected chi connectivity index (χ0v) is 13.0. The van der Waals surface area contributed by atoms with Crippen molar-refractivity contribution in [1.29, 1.82) is 0 Å². The van der Waals surface area contributed by atoms with Gasteiger partial charge in [0.05, 0.1) is 11.4 Å². The van der Waals surface area contributed by atoms with Crippen LogP contribution in [0, 0.1) is 0 Å². The highest BCUT2D eigenvalue weighted by Gasteiger charge is 2.19. The number of hydrogen-bond acceptors (Lipinski definition) is 4. The van der Waals surface area contributed by atoms with Gasteiger partial charge < -0.3 is 16.0 Å². The summed E-state index contributed by atoms with van der Waals surface area (Å²) in [5.41, 5.74) is 7.13. The molecule has 21 heavy (non-hydrogen) atoms. The second kappa shape index (κ2) is 7.43. The van der Waals surface area contributed by atoms with E-state index in [1.165, 1.54) is 0 Å². The predicted molar refractivity (Wildman–Crippen MR) is 87.3 cm³/mol. The minimum absolute atomic E-state index is 0.0270. The van der Waals surface area contributed by atoms with Gasteiger partial charge in [-0.1, -0.05) is 12.1 Å². The highest BCUT2D eigenvalue weighted by molar-refractivity contribution is 5.93. The minimum atomic E-state index is 0.0270. The predicted octanol–water partition coefficient (Wildman–Crippen LogP) is 1.62. The van der Waals surface area contributed by atoms with Crippen molar-refractivity contribution in [3.05, 3.63) is 24.3 Å². The first-order valence-electron chi connectivity index (χ1n) is 7.67. The maximum absolute atomic E-state index is 12.0. The van der Waals surface area contributed by atoms with Crippen molar-refractivity contribution in [3.8, 4) is 0 Å². The van der Waals surface area contributed by atoms with Crippen LogP contribution in [0.2, 0.25) is 0 Å². The van der Waals surface area contributed by atoms with Crippen LogP contribution in [0.4, 0.5) is 11.4 Å². The number of nitrogens with two attached hydrogens (primary N) is 1. The molecule has 0 aromatic heterocycles. The number of nitrogens with one attached hydrogen (secondary N) is 1. The van der Waals surface area contributed by atoms with Crippen LogP contribution in [0.5, 0.6) is 0 Å². The molecule has 2 rings (SSSR count). The van der Waals surface area contributed by atoms with E-state index in [4.69, 9.17) is 5.73 Å². The Balaban J connectivity index is 1.72. The molecule has 0 aliphatic carbocycles. The molecule has 0 radical (unpaired) electrons. The highest BCUT2D eigenvalue weighted by Crippen LogP contribution is 2.16. The molecule has 1 aliphatic heterocycles. The number of benzene rings is 1. The van der Waals surface area contributed by atoms with Gasteiger partial charge in [0.25, 0.3) is 0 Å². The van der Waals surface area contributed by atoms with Crippen LogP contribution >= 0.6 is 0 Å². The lowest BCUT2D eigenvalue weighted by atomic mass is 10.2. The van der Waals surface area contributed by atoms with E-state index in [0.717, 1.165) is 32.7 Å². The van der Waals surface area contributed by atoms with E-state index in [1.807, 2.05) is 18.2 Å². The molecular weight excluding hydrogens is 264 g/mol. The molecule has 0 atom stereocenters. The largest absolute Gasteiger partial charge is 0.397 e. The fourth-order valence-electron chi connectivity index (χ4n) is 2.59. The van der Waals surface area contributed by atoms with Crippen molar-refractivity contribution in [3.63, 3.8) is 0 Å². The summed E-state index contributed by atoms with van der Waals surface area (Å²) in [6.45, 7) is 9.53. The van der Waals surface area contributed by atoms with Crippen molar-refractivity contribution in [2.24, 2.45) is 0 Å². The quantitative estimate of drug-likeness (QED) is 0.809. The Bertz CT molecular complexity index is 467. The number of rotatable bonds is 5. The molecular formula is C16H26N4O. The maximum atomic E-state index is 12.0. The number of anilines is 2. The average Bonchev–Trinajstić information content (AvgIpc) is 2.48. The summed E-state index contributed by atoms with van der Waals surface area (Å²) in [5.74, 6) is 0.0270. The first kappa shape index (κ1) is 15.8. The zero-order chi connectivity index (χ0) is 15.2. The van der Waals surface area contributed by atoms with Crippen LogP contribution in [0.3, 0.4) is 0 Å². The summed E-state index contributed by atoms with van der Waals surface area (Å²) < 4.78 is 0. The zero-order valence-electron chi connectivity index (χ0n) is 13.0. The van der Waals surface area contributed by atoms with E-state index >= 15 is 0 Å². The molecule has 1 aromatic rings. The lowest BCUT2D eigenvalue weighted by Crippen LogP contribution is -2.49. The third kappa shape index (κ3) is 4.72.